The van der Waals surface area contributed by atoms with Crippen LogP contribution in [0.25, 0.3) is 10.9 Å². The molecule has 96 valence electrons. The van der Waals surface area contributed by atoms with Crippen LogP contribution in [0, 0.1) is 5.82 Å². The van der Waals surface area contributed by atoms with Gasteiger partial charge in [0.15, 0.2) is 0 Å². The lowest BCUT2D eigenvalue weighted by Gasteiger charge is -2.03. The number of rotatable bonds is 5. The van der Waals surface area contributed by atoms with E-state index in [4.69, 9.17) is 4.74 Å². The van der Waals surface area contributed by atoms with E-state index < -0.39 is 0 Å². The first kappa shape index (κ1) is 12.6. The minimum Gasteiger partial charge on any atom is -0.385 e. The van der Waals surface area contributed by atoms with E-state index in [1.165, 1.54) is 12.1 Å². The number of carbonyl (C=O) groups is 1. The van der Waals surface area contributed by atoms with E-state index in [1.54, 1.807) is 19.4 Å². The Morgan fingerprint density at radius 2 is 2.33 bits per heavy atom. The van der Waals surface area contributed by atoms with E-state index in [2.05, 4.69) is 10.3 Å². The quantitative estimate of drug-likeness (QED) is 0.798. The molecule has 18 heavy (non-hydrogen) atoms. The van der Waals surface area contributed by atoms with Crippen molar-refractivity contribution in [2.24, 2.45) is 0 Å². The molecule has 0 fully saturated rings. The van der Waals surface area contributed by atoms with Crippen LogP contribution in [0.3, 0.4) is 0 Å². The number of benzene rings is 1. The zero-order chi connectivity index (χ0) is 13.0. The van der Waals surface area contributed by atoms with Gasteiger partial charge in [0.25, 0.3) is 5.91 Å². The second kappa shape index (κ2) is 5.64. The van der Waals surface area contributed by atoms with Crippen LogP contribution in [0.15, 0.2) is 24.4 Å². The van der Waals surface area contributed by atoms with E-state index in [1.807, 2.05) is 0 Å². The standard InChI is InChI=1S/C13H15FN2O2/c1-18-6-2-5-15-13(17)11-8-16-12-7-9(14)3-4-10(11)12/h3-4,7-8,16H,2,5-6H2,1H3,(H,15,17). The van der Waals surface area contributed by atoms with Gasteiger partial charge in [-0.05, 0) is 24.6 Å². The predicted molar refractivity (Wildman–Crippen MR) is 67.1 cm³/mol. The minimum absolute atomic E-state index is 0.163. The van der Waals surface area contributed by atoms with Gasteiger partial charge in [0, 0.05) is 37.4 Å². The van der Waals surface area contributed by atoms with Crippen LogP contribution in [-0.4, -0.2) is 31.2 Å². The van der Waals surface area contributed by atoms with Crippen molar-refractivity contribution in [2.45, 2.75) is 6.42 Å². The molecule has 2 rings (SSSR count). The van der Waals surface area contributed by atoms with Gasteiger partial charge in [-0.3, -0.25) is 4.79 Å². The lowest BCUT2D eigenvalue weighted by molar-refractivity contribution is 0.0950. The van der Waals surface area contributed by atoms with Crippen LogP contribution in [0.5, 0.6) is 0 Å². The van der Waals surface area contributed by atoms with Gasteiger partial charge < -0.3 is 15.0 Å². The maximum atomic E-state index is 13.0. The first-order valence-electron chi connectivity index (χ1n) is 5.76. The molecule has 0 saturated heterocycles. The third kappa shape index (κ3) is 2.68. The summed E-state index contributed by atoms with van der Waals surface area (Å²) in [6.07, 6.45) is 2.36. The second-order valence-corrected chi connectivity index (χ2v) is 3.99. The average Bonchev–Trinajstić information content (AvgIpc) is 2.77. The fourth-order valence-electron chi connectivity index (χ4n) is 1.80. The Morgan fingerprint density at radius 1 is 1.50 bits per heavy atom. The molecule has 0 spiro atoms. The lowest BCUT2D eigenvalue weighted by atomic mass is 10.1. The molecule has 0 radical (unpaired) electrons. The van der Waals surface area contributed by atoms with Crippen LogP contribution in [-0.2, 0) is 4.74 Å². The Labute approximate surface area is 104 Å². The van der Waals surface area contributed by atoms with Gasteiger partial charge in [-0.1, -0.05) is 0 Å². The largest absolute Gasteiger partial charge is 0.385 e. The molecule has 4 nitrogen and oxygen atoms in total. The van der Waals surface area contributed by atoms with Gasteiger partial charge in [0.1, 0.15) is 5.82 Å². The van der Waals surface area contributed by atoms with Crippen molar-refractivity contribution in [1.29, 1.82) is 0 Å². The van der Waals surface area contributed by atoms with Crippen LogP contribution in [0.4, 0.5) is 4.39 Å². The first-order valence-corrected chi connectivity index (χ1v) is 5.76. The number of halogens is 1. The highest BCUT2D eigenvalue weighted by atomic mass is 19.1. The molecule has 0 aliphatic heterocycles. The molecule has 2 aromatic rings. The lowest BCUT2D eigenvalue weighted by Crippen LogP contribution is -2.24. The molecule has 0 aliphatic carbocycles. The summed E-state index contributed by atoms with van der Waals surface area (Å²) < 4.78 is 17.9. The number of hydrogen-bond donors (Lipinski definition) is 2. The number of H-pyrrole nitrogens is 1. The zero-order valence-electron chi connectivity index (χ0n) is 10.1. The van der Waals surface area contributed by atoms with Crippen LogP contribution < -0.4 is 5.32 Å². The fraction of sp³-hybridized carbons (Fsp3) is 0.308. The first-order chi connectivity index (χ1) is 8.72. The van der Waals surface area contributed by atoms with Crippen LogP contribution >= 0.6 is 0 Å². The van der Waals surface area contributed by atoms with Gasteiger partial charge >= 0.3 is 0 Å². The summed E-state index contributed by atoms with van der Waals surface area (Å²) in [5.41, 5.74) is 1.15. The molecule has 1 amide bonds. The van der Waals surface area contributed by atoms with E-state index in [-0.39, 0.29) is 11.7 Å². The number of aromatic amines is 1. The summed E-state index contributed by atoms with van der Waals surface area (Å²) >= 11 is 0. The average molecular weight is 250 g/mol. The smallest absolute Gasteiger partial charge is 0.253 e. The maximum absolute atomic E-state index is 13.0. The summed E-state index contributed by atoms with van der Waals surface area (Å²) in [7, 11) is 1.62. The van der Waals surface area contributed by atoms with Gasteiger partial charge in [0.05, 0.1) is 5.56 Å². The maximum Gasteiger partial charge on any atom is 0.253 e. The topological polar surface area (TPSA) is 54.1 Å². The molecule has 0 bridgehead atoms. The molecule has 0 unspecified atom stereocenters. The summed E-state index contributed by atoms with van der Waals surface area (Å²) in [6.45, 7) is 1.17. The van der Waals surface area contributed by atoms with Gasteiger partial charge in [0.2, 0.25) is 0 Å². The summed E-state index contributed by atoms with van der Waals surface area (Å²) in [4.78, 5) is 14.8. The normalized spacial score (nSPS) is 10.8. The Morgan fingerprint density at radius 3 is 3.11 bits per heavy atom. The van der Waals surface area contributed by atoms with E-state index >= 15 is 0 Å². The zero-order valence-corrected chi connectivity index (χ0v) is 10.1. The number of aromatic nitrogens is 1. The highest BCUT2D eigenvalue weighted by molar-refractivity contribution is 6.06. The number of hydrogen-bond acceptors (Lipinski definition) is 2. The highest BCUT2D eigenvalue weighted by Gasteiger charge is 2.11. The Hall–Kier alpha value is -1.88. The molecule has 0 atom stereocenters. The number of nitrogens with one attached hydrogen (secondary N) is 2. The molecular weight excluding hydrogens is 235 g/mol. The summed E-state index contributed by atoms with van der Waals surface area (Å²) in [5.74, 6) is -0.486. The van der Waals surface area contributed by atoms with Crippen molar-refractivity contribution in [2.75, 3.05) is 20.3 Å². The molecule has 1 aromatic carbocycles. The third-order valence-corrected chi connectivity index (χ3v) is 2.70. The molecular formula is C13H15FN2O2. The highest BCUT2D eigenvalue weighted by Crippen LogP contribution is 2.18. The molecule has 1 aromatic heterocycles. The van der Waals surface area contributed by atoms with E-state index in [9.17, 15) is 9.18 Å². The second-order valence-electron chi connectivity index (χ2n) is 3.99. The van der Waals surface area contributed by atoms with Crippen molar-refractivity contribution in [3.63, 3.8) is 0 Å². The molecule has 0 aliphatic rings. The Kier molecular flexibility index (Phi) is 3.94. The number of methoxy groups -OCH3 is 1. The number of ether oxygens (including phenoxy) is 1. The SMILES string of the molecule is COCCCNC(=O)c1c[nH]c2cc(F)ccc12. The van der Waals surface area contributed by atoms with E-state index in [0.29, 0.717) is 24.2 Å². The summed E-state index contributed by atoms with van der Waals surface area (Å²) in [5, 5.41) is 3.52. The van der Waals surface area contributed by atoms with Crippen molar-refractivity contribution in [3.05, 3.63) is 35.8 Å². The molecule has 5 heteroatoms. The Bertz CT molecular complexity index is 551. The van der Waals surface area contributed by atoms with Gasteiger partial charge in [-0.15, -0.1) is 0 Å². The van der Waals surface area contributed by atoms with Crippen LogP contribution in [0.1, 0.15) is 16.8 Å². The van der Waals surface area contributed by atoms with Crippen molar-refractivity contribution < 1.29 is 13.9 Å². The molecule has 1 heterocycles. The molecule has 0 saturated carbocycles. The fourth-order valence-corrected chi connectivity index (χ4v) is 1.80. The number of amides is 1. The van der Waals surface area contributed by atoms with E-state index in [0.717, 1.165) is 11.8 Å². The van der Waals surface area contributed by atoms with Gasteiger partial charge in [-0.2, -0.15) is 0 Å². The molecule has 2 N–H and O–H groups in total. The Balaban J connectivity index is 2.08. The van der Waals surface area contributed by atoms with Crippen LogP contribution in [0.2, 0.25) is 0 Å². The van der Waals surface area contributed by atoms with Crippen molar-refractivity contribution >= 4 is 16.8 Å². The number of carbonyl (C=O) groups excluding carboxylic acids is 1. The summed E-state index contributed by atoms with van der Waals surface area (Å²) in [6, 6.07) is 4.32. The van der Waals surface area contributed by atoms with Crippen molar-refractivity contribution in [1.82, 2.24) is 10.3 Å². The third-order valence-electron chi connectivity index (χ3n) is 2.70. The predicted octanol–water partition coefficient (Wildman–Crippen LogP) is 2.07. The van der Waals surface area contributed by atoms with Crippen molar-refractivity contribution in [3.8, 4) is 0 Å². The monoisotopic (exact) mass is 250 g/mol. The van der Waals surface area contributed by atoms with Gasteiger partial charge in [-0.25, -0.2) is 4.39 Å². The number of fused-ring (bicyclic) bond motifs is 1. The minimum atomic E-state index is -0.323.